The Hall–Kier alpha value is -1.43. The third kappa shape index (κ3) is 6.23. The fraction of sp³-hybridized carbons (Fsp3) is 0.714. The van der Waals surface area contributed by atoms with E-state index in [-0.39, 0.29) is 12.5 Å². The number of rotatable bonds is 5. The molecule has 0 saturated carbocycles. The summed E-state index contributed by atoms with van der Waals surface area (Å²) in [5.41, 5.74) is 0. The van der Waals surface area contributed by atoms with Crippen LogP contribution in [0, 0.1) is 0 Å². The van der Waals surface area contributed by atoms with Gasteiger partial charge in [-0.3, -0.25) is 19.2 Å². The van der Waals surface area contributed by atoms with E-state index in [1.54, 1.807) is 0 Å². The van der Waals surface area contributed by atoms with Crippen molar-refractivity contribution in [1.29, 1.82) is 0 Å². The minimum Gasteiger partial charge on any atom is -0.463 e. The molecule has 1 aliphatic rings. The van der Waals surface area contributed by atoms with Crippen molar-refractivity contribution in [2.45, 2.75) is 56.2 Å². The molecule has 1 saturated heterocycles. The van der Waals surface area contributed by atoms with Crippen molar-refractivity contribution in [2.24, 2.45) is 0 Å². The van der Waals surface area contributed by atoms with Crippen molar-refractivity contribution in [3.8, 4) is 0 Å². The SMILES string of the molecule is CC(=O)N[C@@H]1O[C@H](COC(C)=O)[C@@H](OC(C)=O)[C@H](OC(C)=O)[C@@H]1I. The maximum absolute atomic E-state index is 11.4. The Morgan fingerprint density at radius 1 is 0.958 bits per heavy atom. The van der Waals surface area contributed by atoms with Gasteiger partial charge in [0, 0.05) is 27.7 Å². The van der Waals surface area contributed by atoms with Crippen LogP contribution in [0.15, 0.2) is 0 Å². The van der Waals surface area contributed by atoms with E-state index in [4.69, 9.17) is 18.9 Å². The zero-order valence-corrected chi connectivity index (χ0v) is 15.9. The van der Waals surface area contributed by atoms with E-state index < -0.39 is 46.4 Å². The zero-order chi connectivity index (χ0) is 18.4. The summed E-state index contributed by atoms with van der Waals surface area (Å²) in [6.45, 7) is 4.74. The lowest BCUT2D eigenvalue weighted by Gasteiger charge is -2.43. The molecule has 0 unspecified atom stereocenters. The first-order chi connectivity index (χ1) is 11.1. The molecule has 1 fully saturated rings. The minimum absolute atomic E-state index is 0.218. The summed E-state index contributed by atoms with van der Waals surface area (Å²) in [6, 6.07) is 0. The smallest absolute Gasteiger partial charge is 0.303 e. The number of nitrogens with one attached hydrogen (secondary N) is 1. The summed E-state index contributed by atoms with van der Waals surface area (Å²) in [7, 11) is 0. The molecule has 10 heteroatoms. The Bertz CT molecular complexity index is 495. The third-order valence-corrected chi connectivity index (χ3v) is 4.38. The third-order valence-electron chi connectivity index (χ3n) is 3.02. The first kappa shape index (κ1) is 20.6. The molecule has 0 bridgehead atoms. The fourth-order valence-corrected chi connectivity index (χ4v) is 3.12. The Morgan fingerprint density at radius 3 is 1.96 bits per heavy atom. The molecule has 1 amide bonds. The van der Waals surface area contributed by atoms with Gasteiger partial charge in [0.1, 0.15) is 18.9 Å². The summed E-state index contributed by atoms with van der Waals surface area (Å²) >= 11 is 1.95. The molecule has 0 radical (unpaired) electrons. The summed E-state index contributed by atoms with van der Waals surface area (Å²) < 4.78 is 20.6. The quantitative estimate of drug-likeness (QED) is 0.267. The number of hydrogen-bond donors (Lipinski definition) is 1. The molecule has 9 nitrogen and oxygen atoms in total. The first-order valence-electron chi connectivity index (χ1n) is 7.16. The van der Waals surface area contributed by atoms with Gasteiger partial charge in [0.2, 0.25) is 5.91 Å². The van der Waals surface area contributed by atoms with Crippen LogP contribution in [0.2, 0.25) is 0 Å². The Kier molecular flexibility index (Phi) is 7.87. The van der Waals surface area contributed by atoms with Gasteiger partial charge < -0.3 is 24.3 Å². The lowest BCUT2D eigenvalue weighted by atomic mass is 10.00. The van der Waals surface area contributed by atoms with Crippen molar-refractivity contribution in [3.63, 3.8) is 0 Å². The van der Waals surface area contributed by atoms with E-state index >= 15 is 0 Å². The van der Waals surface area contributed by atoms with Gasteiger partial charge in [-0.25, -0.2) is 0 Å². The van der Waals surface area contributed by atoms with E-state index in [2.05, 4.69) is 5.32 Å². The van der Waals surface area contributed by atoms with Crippen molar-refractivity contribution >= 4 is 46.4 Å². The predicted octanol–water partition coefficient (Wildman–Crippen LogP) is 0.0775. The van der Waals surface area contributed by atoms with Crippen molar-refractivity contribution in [2.75, 3.05) is 6.61 Å². The van der Waals surface area contributed by atoms with E-state index in [1.807, 2.05) is 22.6 Å². The monoisotopic (exact) mass is 457 g/mol. The Labute approximate surface area is 152 Å². The maximum Gasteiger partial charge on any atom is 0.303 e. The Balaban J connectivity index is 3.08. The number of carbonyl (C=O) groups excluding carboxylic acids is 4. The van der Waals surface area contributed by atoms with Gasteiger partial charge in [-0.2, -0.15) is 0 Å². The number of halogens is 1. The van der Waals surface area contributed by atoms with Gasteiger partial charge in [0.05, 0.1) is 3.92 Å². The molecule has 136 valence electrons. The highest BCUT2D eigenvalue weighted by atomic mass is 127. The largest absolute Gasteiger partial charge is 0.463 e. The van der Waals surface area contributed by atoms with Crippen LogP contribution in [0.1, 0.15) is 27.7 Å². The fourth-order valence-electron chi connectivity index (χ4n) is 2.21. The molecular weight excluding hydrogens is 437 g/mol. The van der Waals surface area contributed by atoms with Crippen LogP contribution >= 0.6 is 22.6 Å². The lowest BCUT2D eigenvalue weighted by molar-refractivity contribution is -0.214. The molecule has 1 heterocycles. The average molecular weight is 457 g/mol. The topological polar surface area (TPSA) is 117 Å². The summed E-state index contributed by atoms with van der Waals surface area (Å²) in [5.74, 6) is -2.07. The van der Waals surface area contributed by atoms with Crippen LogP contribution in [-0.2, 0) is 38.1 Å². The number of carbonyl (C=O) groups is 4. The molecule has 1 N–H and O–H groups in total. The highest BCUT2D eigenvalue weighted by Crippen LogP contribution is 2.30. The van der Waals surface area contributed by atoms with Gasteiger partial charge >= 0.3 is 17.9 Å². The Morgan fingerprint density at radius 2 is 1.50 bits per heavy atom. The number of esters is 3. The molecule has 24 heavy (non-hydrogen) atoms. The van der Waals surface area contributed by atoms with Crippen LogP contribution in [0.25, 0.3) is 0 Å². The predicted molar refractivity (Wildman–Crippen MR) is 88.0 cm³/mol. The van der Waals surface area contributed by atoms with Crippen LogP contribution in [0.5, 0.6) is 0 Å². The van der Waals surface area contributed by atoms with Crippen molar-refractivity contribution in [1.82, 2.24) is 5.32 Å². The maximum atomic E-state index is 11.4. The van der Waals surface area contributed by atoms with Gasteiger partial charge in [-0.05, 0) is 0 Å². The second-order valence-corrected chi connectivity index (χ2v) is 6.63. The molecule has 0 spiro atoms. The standard InChI is InChI=1S/C14H20INO8/c1-6(17)16-14-11(15)13(23-9(4)20)12(22-8(3)19)10(24-14)5-21-7(2)18/h10-14H,5H2,1-4H3,(H,16,17)/t10-,11+,12-,13-,14-/m1/s1. The van der Waals surface area contributed by atoms with Crippen molar-refractivity contribution in [3.05, 3.63) is 0 Å². The van der Waals surface area contributed by atoms with E-state index in [9.17, 15) is 19.2 Å². The highest BCUT2D eigenvalue weighted by molar-refractivity contribution is 14.1. The molecule has 0 aromatic carbocycles. The van der Waals surface area contributed by atoms with E-state index in [1.165, 1.54) is 27.7 Å². The van der Waals surface area contributed by atoms with Crippen molar-refractivity contribution < 1.29 is 38.1 Å². The normalized spacial score (nSPS) is 29.3. The molecule has 1 rings (SSSR count). The minimum atomic E-state index is -0.974. The van der Waals surface area contributed by atoms with Gasteiger partial charge in [0.15, 0.2) is 12.2 Å². The average Bonchev–Trinajstić information content (AvgIpc) is 2.42. The van der Waals surface area contributed by atoms with Gasteiger partial charge in [-0.1, -0.05) is 22.6 Å². The van der Waals surface area contributed by atoms with E-state index in [0.29, 0.717) is 0 Å². The second kappa shape index (κ2) is 9.16. The van der Waals surface area contributed by atoms with Crippen LogP contribution in [0.3, 0.4) is 0 Å². The van der Waals surface area contributed by atoms with Crippen LogP contribution in [-0.4, -0.2) is 58.9 Å². The number of hydrogen-bond acceptors (Lipinski definition) is 8. The molecule has 0 aromatic heterocycles. The zero-order valence-electron chi connectivity index (χ0n) is 13.7. The summed E-state index contributed by atoms with van der Waals surface area (Å²) in [6.07, 6.45) is -3.55. The molecular formula is C14H20INO8. The molecule has 0 aromatic rings. The molecule has 0 aliphatic carbocycles. The van der Waals surface area contributed by atoms with Gasteiger partial charge in [0.25, 0.3) is 0 Å². The van der Waals surface area contributed by atoms with Gasteiger partial charge in [-0.15, -0.1) is 0 Å². The second-order valence-electron chi connectivity index (χ2n) is 5.19. The molecule has 1 aliphatic heterocycles. The first-order valence-corrected chi connectivity index (χ1v) is 8.40. The van der Waals surface area contributed by atoms with Crippen LogP contribution < -0.4 is 5.32 Å². The van der Waals surface area contributed by atoms with E-state index in [0.717, 1.165) is 0 Å². The van der Waals surface area contributed by atoms with Crippen LogP contribution in [0.4, 0.5) is 0 Å². The number of ether oxygens (including phenoxy) is 4. The highest BCUT2D eigenvalue weighted by Gasteiger charge is 2.49. The molecule has 5 atom stereocenters. The number of alkyl halides is 1. The summed E-state index contributed by atoms with van der Waals surface area (Å²) in [4.78, 5) is 45.2. The lowest BCUT2D eigenvalue weighted by Crippen LogP contribution is -2.63. The number of amides is 1. The summed E-state index contributed by atoms with van der Waals surface area (Å²) in [5, 5.41) is 2.59.